The molecular weight excluding hydrogens is 507 g/mol. The number of ether oxygens (including phenoxy) is 1. The number of nitrogens with zero attached hydrogens (tertiary/aromatic N) is 4. The van der Waals surface area contributed by atoms with Gasteiger partial charge in [-0.3, -0.25) is 9.36 Å². The lowest BCUT2D eigenvalue weighted by atomic mass is 9.71. The predicted molar refractivity (Wildman–Crippen MR) is 154 cm³/mol. The largest absolute Gasteiger partial charge is 0.369 e. The fourth-order valence-corrected chi connectivity index (χ4v) is 5.64. The monoisotopic (exact) mass is 542 g/mol. The maximum Gasteiger partial charge on any atom is 0.350 e. The van der Waals surface area contributed by atoms with E-state index in [1.54, 1.807) is 6.07 Å². The number of fused-ring (bicyclic) bond motifs is 1. The third kappa shape index (κ3) is 4.77. The van der Waals surface area contributed by atoms with Gasteiger partial charge in [-0.15, -0.1) is 5.10 Å². The zero-order valence-corrected chi connectivity index (χ0v) is 23.6. The lowest BCUT2D eigenvalue weighted by Crippen LogP contribution is -2.52. The molecule has 208 valence electrons. The second-order valence-corrected chi connectivity index (χ2v) is 10.9. The van der Waals surface area contributed by atoms with Gasteiger partial charge in [0.05, 0.1) is 17.7 Å². The number of ketones is 1. The van der Waals surface area contributed by atoms with Crippen LogP contribution in [0.2, 0.25) is 0 Å². The number of hydrogen-bond donors (Lipinski definition) is 0. The summed E-state index contributed by atoms with van der Waals surface area (Å²) in [6.07, 6.45) is 0. The molecule has 1 aliphatic rings. The Balaban J connectivity index is 1.54. The summed E-state index contributed by atoms with van der Waals surface area (Å²) in [6.45, 7) is 11.1. The molecule has 2 heterocycles. The molecule has 0 fully saturated rings. The third-order valence-corrected chi connectivity index (χ3v) is 7.80. The molecule has 1 aromatic heterocycles. The third-order valence-electron chi connectivity index (χ3n) is 7.80. The SMILES string of the molecule is CCn1c(COCc2ccccc2)nn(-c2cc3c(cc2F)C(=O)C(C)(c2ccccc2C)CN3C(C)C)c1=O. The molecule has 0 saturated heterocycles. The van der Waals surface area contributed by atoms with E-state index in [2.05, 4.69) is 10.00 Å². The fourth-order valence-electron chi connectivity index (χ4n) is 5.64. The Morgan fingerprint density at radius 2 is 1.70 bits per heavy atom. The number of carbonyl (C=O) groups is 1. The Kier molecular flexibility index (Phi) is 7.47. The molecule has 0 bridgehead atoms. The van der Waals surface area contributed by atoms with Crippen molar-refractivity contribution in [1.29, 1.82) is 0 Å². The van der Waals surface area contributed by atoms with Crippen molar-refractivity contribution in [3.8, 4) is 5.69 Å². The van der Waals surface area contributed by atoms with E-state index in [1.165, 1.54) is 10.6 Å². The lowest BCUT2D eigenvalue weighted by molar-refractivity contribution is 0.0889. The Bertz CT molecular complexity index is 1610. The number of halogens is 1. The number of Topliss-reactive ketones (excluding diaryl/α,β-unsaturated/α-hetero) is 1. The van der Waals surface area contributed by atoms with Crippen LogP contribution in [0.5, 0.6) is 0 Å². The van der Waals surface area contributed by atoms with E-state index in [0.717, 1.165) is 21.4 Å². The molecule has 1 aliphatic heterocycles. The molecule has 0 aliphatic carbocycles. The van der Waals surface area contributed by atoms with Gasteiger partial charge in [-0.2, -0.15) is 4.68 Å². The van der Waals surface area contributed by atoms with Crippen molar-refractivity contribution in [1.82, 2.24) is 14.3 Å². The summed E-state index contributed by atoms with van der Waals surface area (Å²) >= 11 is 0. The number of hydrogen-bond acceptors (Lipinski definition) is 5. The van der Waals surface area contributed by atoms with E-state index in [9.17, 15) is 9.59 Å². The standard InChI is InChI=1S/C32H35FN4O3/c1-6-35-29(19-40-18-23-13-8-7-9-14-23)34-37(31(35)39)28-17-27-24(16-26(28)33)30(38)32(5,20-36(27)21(2)3)25-15-11-10-12-22(25)4/h7-17,21H,6,18-20H2,1-5H3. The second kappa shape index (κ2) is 10.8. The molecule has 40 heavy (non-hydrogen) atoms. The first-order valence-corrected chi connectivity index (χ1v) is 13.7. The summed E-state index contributed by atoms with van der Waals surface area (Å²) in [5.41, 5.74) is 2.56. The van der Waals surface area contributed by atoms with Gasteiger partial charge in [-0.25, -0.2) is 9.18 Å². The molecule has 1 unspecified atom stereocenters. The first-order valence-electron chi connectivity index (χ1n) is 13.7. The Hall–Kier alpha value is -4.04. The van der Waals surface area contributed by atoms with E-state index < -0.39 is 16.9 Å². The summed E-state index contributed by atoms with van der Waals surface area (Å²) in [5.74, 6) is -0.408. The Morgan fingerprint density at radius 3 is 2.38 bits per heavy atom. The van der Waals surface area contributed by atoms with Gasteiger partial charge in [0, 0.05) is 24.7 Å². The first-order chi connectivity index (χ1) is 19.2. The maximum absolute atomic E-state index is 15.8. The van der Waals surface area contributed by atoms with E-state index in [0.29, 0.717) is 36.8 Å². The maximum atomic E-state index is 15.8. The van der Waals surface area contributed by atoms with Gasteiger partial charge in [0.25, 0.3) is 0 Å². The van der Waals surface area contributed by atoms with Crippen molar-refractivity contribution >= 4 is 11.5 Å². The summed E-state index contributed by atoms with van der Waals surface area (Å²) in [6, 6.07) is 20.4. The highest BCUT2D eigenvalue weighted by atomic mass is 19.1. The average molecular weight is 543 g/mol. The minimum absolute atomic E-state index is 0.0122. The van der Waals surface area contributed by atoms with Gasteiger partial charge in [-0.1, -0.05) is 54.6 Å². The predicted octanol–water partition coefficient (Wildman–Crippen LogP) is 5.59. The van der Waals surface area contributed by atoms with Gasteiger partial charge < -0.3 is 9.64 Å². The highest BCUT2D eigenvalue weighted by Gasteiger charge is 2.45. The van der Waals surface area contributed by atoms with Crippen molar-refractivity contribution in [3.63, 3.8) is 0 Å². The lowest BCUT2D eigenvalue weighted by Gasteiger charge is -2.44. The molecule has 0 amide bonds. The van der Waals surface area contributed by atoms with Crippen molar-refractivity contribution in [2.24, 2.45) is 0 Å². The van der Waals surface area contributed by atoms with Gasteiger partial charge in [0.1, 0.15) is 18.1 Å². The number of aryl methyl sites for hydroxylation is 1. The van der Waals surface area contributed by atoms with Crippen molar-refractivity contribution in [3.05, 3.63) is 111 Å². The molecule has 1 atom stereocenters. The van der Waals surface area contributed by atoms with Crippen LogP contribution in [-0.4, -0.2) is 32.7 Å². The van der Waals surface area contributed by atoms with Gasteiger partial charge in [0.2, 0.25) is 0 Å². The number of carbonyl (C=O) groups excluding carboxylic acids is 1. The fraction of sp³-hybridized carbons (Fsp3) is 0.344. The number of aromatic nitrogens is 3. The van der Waals surface area contributed by atoms with Gasteiger partial charge >= 0.3 is 5.69 Å². The van der Waals surface area contributed by atoms with Crippen LogP contribution in [0.1, 0.15) is 60.6 Å². The Labute approximate surface area is 233 Å². The van der Waals surface area contributed by atoms with Crippen LogP contribution >= 0.6 is 0 Å². The van der Waals surface area contributed by atoms with E-state index >= 15 is 4.39 Å². The van der Waals surface area contributed by atoms with Crippen LogP contribution in [0.25, 0.3) is 5.69 Å². The highest BCUT2D eigenvalue weighted by molar-refractivity contribution is 6.10. The van der Waals surface area contributed by atoms with Crippen LogP contribution in [0.4, 0.5) is 10.1 Å². The molecule has 5 rings (SSSR count). The van der Waals surface area contributed by atoms with Gasteiger partial charge in [0.15, 0.2) is 11.6 Å². The normalized spacial score (nSPS) is 17.0. The first kappa shape index (κ1) is 27.5. The van der Waals surface area contributed by atoms with Crippen molar-refractivity contribution < 1.29 is 13.9 Å². The molecule has 8 heteroatoms. The van der Waals surface area contributed by atoms with Crippen LogP contribution in [0.15, 0.2) is 71.5 Å². The van der Waals surface area contributed by atoms with Crippen LogP contribution in [0.3, 0.4) is 0 Å². The van der Waals surface area contributed by atoms with Crippen molar-refractivity contribution in [2.45, 2.75) is 65.8 Å². The summed E-state index contributed by atoms with van der Waals surface area (Å²) in [7, 11) is 0. The second-order valence-electron chi connectivity index (χ2n) is 10.9. The average Bonchev–Trinajstić information content (AvgIpc) is 3.25. The molecular formula is C32H35FN4O3. The minimum atomic E-state index is -0.847. The van der Waals surface area contributed by atoms with Crippen LogP contribution < -0.4 is 10.6 Å². The van der Waals surface area contributed by atoms with E-state index in [1.807, 2.05) is 89.2 Å². The quantitative estimate of drug-likeness (QED) is 0.291. The number of benzene rings is 3. The molecule has 0 spiro atoms. The molecule has 0 radical (unpaired) electrons. The molecule has 7 nitrogen and oxygen atoms in total. The summed E-state index contributed by atoms with van der Waals surface area (Å²) in [5, 5.41) is 4.47. The molecule has 3 aromatic carbocycles. The van der Waals surface area contributed by atoms with Crippen LogP contribution in [-0.2, 0) is 29.9 Å². The van der Waals surface area contributed by atoms with Crippen molar-refractivity contribution in [2.75, 3.05) is 11.4 Å². The van der Waals surface area contributed by atoms with E-state index in [-0.39, 0.29) is 24.1 Å². The highest BCUT2D eigenvalue weighted by Crippen LogP contribution is 2.42. The van der Waals surface area contributed by atoms with Crippen LogP contribution in [0, 0.1) is 12.7 Å². The Morgan fingerprint density at radius 1 is 1.00 bits per heavy atom. The van der Waals surface area contributed by atoms with E-state index in [4.69, 9.17) is 4.74 Å². The molecule has 4 aromatic rings. The minimum Gasteiger partial charge on any atom is -0.369 e. The number of rotatable bonds is 8. The summed E-state index contributed by atoms with van der Waals surface area (Å²) < 4.78 is 24.2. The number of anilines is 1. The molecule has 0 saturated carbocycles. The molecule has 0 N–H and O–H groups in total. The summed E-state index contributed by atoms with van der Waals surface area (Å²) in [4.78, 5) is 29.4. The zero-order chi connectivity index (χ0) is 28.6. The van der Waals surface area contributed by atoms with Gasteiger partial charge in [-0.05, 0) is 63.4 Å². The smallest absolute Gasteiger partial charge is 0.350 e. The topological polar surface area (TPSA) is 69.4 Å². The zero-order valence-electron chi connectivity index (χ0n) is 23.6.